The van der Waals surface area contributed by atoms with E-state index < -0.39 is 64.4 Å². The monoisotopic (exact) mass is 588 g/mol. The highest BCUT2D eigenvalue weighted by Gasteiger charge is 2.69. The van der Waals surface area contributed by atoms with Crippen LogP contribution in [0.3, 0.4) is 0 Å². The van der Waals surface area contributed by atoms with E-state index in [2.05, 4.69) is 13.0 Å². The summed E-state index contributed by atoms with van der Waals surface area (Å²) in [5, 5.41) is 23.5. The van der Waals surface area contributed by atoms with Crippen molar-refractivity contribution < 1.29 is 34.2 Å². The number of aliphatic hydroxyl groups is 1. The molecule has 0 aliphatic heterocycles. The van der Waals surface area contributed by atoms with Crippen LogP contribution in [0.15, 0.2) is 24.3 Å². The second-order valence-electron chi connectivity index (χ2n) is 13.7. The normalized spacial score (nSPS) is 35.5. The zero-order chi connectivity index (χ0) is 31.0. The zero-order valence-electron chi connectivity index (χ0n) is 25.0. The van der Waals surface area contributed by atoms with Crippen molar-refractivity contribution in [2.75, 3.05) is 14.1 Å². The van der Waals surface area contributed by atoms with Gasteiger partial charge in [0.15, 0.2) is 34.7 Å². The van der Waals surface area contributed by atoms with Crippen LogP contribution in [0.2, 0.25) is 0 Å². The molecule has 3 fully saturated rings. The molecule has 6 atom stereocenters. The predicted molar refractivity (Wildman–Crippen MR) is 158 cm³/mol. The highest BCUT2D eigenvalue weighted by atomic mass is 16.3. The zero-order valence-corrected chi connectivity index (χ0v) is 25.0. The Morgan fingerprint density at radius 3 is 2.40 bits per heavy atom. The maximum Gasteiger partial charge on any atom is 0.235 e. The lowest BCUT2D eigenvalue weighted by Gasteiger charge is -2.52. The molecule has 3 saturated carbocycles. The molecule has 0 saturated heterocycles. The molecule has 5 aliphatic rings. The van der Waals surface area contributed by atoms with E-state index in [1.807, 2.05) is 18.2 Å². The number of carbonyl (C=O) groups excluding carboxylic acids is 5. The van der Waals surface area contributed by atoms with E-state index in [0.717, 1.165) is 43.2 Å². The lowest BCUT2D eigenvalue weighted by Crippen LogP contribution is -2.74. The molecule has 1 amide bonds. The topological polar surface area (TPSA) is 155 Å². The van der Waals surface area contributed by atoms with E-state index in [4.69, 9.17) is 5.73 Å². The van der Waals surface area contributed by atoms with Crippen molar-refractivity contribution in [3.05, 3.63) is 46.5 Å². The Hall–Kier alpha value is -3.43. The molecule has 0 heterocycles. The Morgan fingerprint density at radius 1 is 1.09 bits per heavy atom. The number of phenolic OH excluding ortho intramolecular Hbond substituents is 1. The largest absolute Gasteiger partial charge is 0.507 e. The summed E-state index contributed by atoms with van der Waals surface area (Å²) in [6.07, 6.45) is 12.1. The standard InChI is InChI=1S/C34H40N2O7/c1-16-8-10-17(11-9-16)12-20-14-21(18-6-4-5-7-18)22-13-19-15-23-27(36(2)3)30(39)26(33(35)42)32(41)34(23,43)31(40)24(19)29(38)25(22)28(20)37/h4,6-7,14,16-17,19,23-24,26-27,37,43H,5,8-13,15H2,1-3H3,(H2,35,42)/t16?,17?,19-,23-,24?,26?,27-,34-/m1/s1. The van der Waals surface area contributed by atoms with Crippen LogP contribution in [0, 0.1) is 35.5 Å². The number of likely N-dealkylation sites (N-methyl/N-ethyl adjacent to an activating group) is 1. The van der Waals surface area contributed by atoms with Gasteiger partial charge in [-0.25, -0.2) is 0 Å². The van der Waals surface area contributed by atoms with E-state index in [0.29, 0.717) is 29.4 Å². The van der Waals surface area contributed by atoms with Crippen LogP contribution in [0.4, 0.5) is 0 Å². The molecular formula is C34H40N2O7. The number of nitrogens with zero attached hydrogens (tertiary/aromatic N) is 1. The number of carbonyl (C=O) groups is 5. The van der Waals surface area contributed by atoms with Gasteiger partial charge in [0.25, 0.3) is 0 Å². The fraction of sp³-hybridized carbons (Fsp3) is 0.559. The minimum atomic E-state index is -2.72. The predicted octanol–water partition coefficient (Wildman–Crippen LogP) is 2.58. The molecule has 1 aromatic carbocycles. The quantitative estimate of drug-likeness (QED) is 0.444. The molecule has 43 heavy (non-hydrogen) atoms. The average molecular weight is 589 g/mol. The molecule has 9 heteroatoms. The van der Waals surface area contributed by atoms with E-state index in [1.54, 1.807) is 14.1 Å². The fourth-order valence-electron chi connectivity index (χ4n) is 8.64. The number of rotatable bonds is 5. The highest BCUT2D eigenvalue weighted by Crippen LogP contribution is 2.52. The van der Waals surface area contributed by atoms with Crippen LogP contribution < -0.4 is 5.73 Å². The van der Waals surface area contributed by atoms with Crippen molar-refractivity contribution in [3.63, 3.8) is 0 Å². The van der Waals surface area contributed by atoms with Gasteiger partial charge in [0.1, 0.15) is 5.75 Å². The Bertz CT molecular complexity index is 1500. The molecular weight excluding hydrogens is 548 g/mol. The fourth-order valence-corrected chi connectivity index (χ4v) is 8.64. The van der Waals surface area contributed by atoms with Gasteiger partial charge in [0.2, 0.25) is 5.91 Å². The summed E-state index contributed by atoms with van der Waals surface area (Å²) in [5.41, 5.74) is 5.93. The number of nitrogens with two attached hydrogens (primary N) is 1. The number of Topliss-reactive ketones (excluding diaryl/α,β-unsaturated/α-hetero) is 4. The Kier molecular flexibility index (Phi) is 7.32. The SMILES string of the molecule is CC1CCC(Cc2cc(C3=CCC=C3)c3c(c2O)C(=O)C2C(=O)[C@@]4(O)C(=O)C(C(N)=O)C(=O)[C@H](N(C)C)[C@H]4C[C@H]2C3)CC1. The first-order chi connectivity index (χ1) is 20.4. The van der Waals surface area contributed by atoms with Crippen LogP contribution in [-0.2, 0) is 32.0 Å². The van der Waals surface area contributed by atoms with Crippen LogP contribution in [0.25, 0.3) is 5.57 Å². The second-order valence-corrected chi connectivity index (χ2v) is 13.7. The minimum absolute atomic E-state index is 0.0427. The molecule has 4 N–H and O–H groups in total. The molecule has 6 rings (SSSR count). The van der Waals surface area contributed by atoms with Gasteiger partial charge in [-0.05, 0) is 98.7 Å². The van der Waals surface area contributed by atoms with Crippen LogP contribution in [0.1, 0.15) is 72.5 Å². The Labute approximate surface area is 251 Å². The number of phenols is 1. The maximum absolute atomic E-state index is 14.3. The second kappa shape index (κ2) is 10.6. The molecule has 228 valence electrons. The highest BCUT2D eigenvalue weighted by molar-refractivity contribution is 6.32. The summed E-state index contributed by atoms with van der Waals surface area (Å²) >= 11 is 0. The Morgan fingerprint density at radius 2 is 1.79 bits per heavy atom. The third kappa shape index (κ3) is 4.46. The van der Waals surface area contributed by atoms with Gasteiger partial charge in [-0.1, -0.05) is 38.0 Å². The van der Waals surface area contributed by atoms with Gasteiger partial charge < -0.3 is 15.9 Å². The van der Waals surface area contributed by atoms with Crippen LogP contribution in [-0.4, -0.2) is 69.9 Å². The molecule has 5 aliphatic carbocycles. The molecule has 1 aromatic rings. The third-order valence-corrected chi connectivity index (χ3v) is 10.9. The number of amides is 1. The van der Waals surface area contributed by atoms with Gasteiger partial charge in [-0.2, -0.15) is 0 Å². The van der Waals surface area contributed by atoms with Gasteiger partial charge in [-0.15, -0.1) is 0 Å². The molecule has 9 nitrogen and oxygen atoms in total. The lowest BCUT2D eigenvalue weighted by molar-refractivity contribution is -0.181. The number of benzene rings is 1. The first-order valence-electron chi connectivity index (χ1n) is 15.5. The first kappa shape index (κ1) is 29.6. The molecule has 0 bridgehead atoms. The Balaban J connectivity index is 1.46. The van der Waals surface area contributed by atoms with Crippen molar-refractivity contribution in [3.8, 4) is 5.75 Å². The van der Waals surface area contributed by atoms with Crippen molar-refractivity contribution >= 4 is 34.6 Å². The van der Waals surface area contributed by atoms with Gasteiger partial charge in [-0.3, -0.25) is 28.9 Å². The third-order valence-electron chi connectivity index (χ3n) is 10.9. The van der Waals surface area contributed by atoms with Gasteiger partial charge in [0.05, 0.1) is 17.5 Å². The number of ketones is 4. The summed E-state index contributed by atoms with van der Waals surface area (Å²) < 4.78 is 0. The molecule has 2 unspecified atom stereocenters. The average Bonchev–Trinajstić information content (AvgIpc) is 3.48. The molecule has 0 spiro atoms. The summed E-state index contributed by atoms with van der Waals surface area (Å²) in [5.74, 6) is -9.04. The van der Waals surface area contributed by atoms with Crippen molar-refractivity contribution in [2.45, 2.75) is 69.9 Å². The van der Waals surface area contributed by atoms with Crippen LogP contribution in [0.5, 0.6) is 5.75 Å². The van der Waals surface area contributed by atoms with Gasteiger partial charge >= 0.3 is 0 Å². The number of hydrogen-bond donors (Lipinski definition) is 3. The number of allylic oxidation sites excluding steroid dienone is 4. The van der Waals surface area contributed by atoms with Crippen molar-refractivity contribution in [2.24, 2.45) is 41.2 Å². The van der Waals surface area contributed by atoms with Gasteiger partial charge in [0, 0.05) is 5.92 Å². The smallest absolute Gasteiger partial charge is 0.235 e. The summed E-state index contributed by atoms with van der Waals surface area (Å²) in [7, 11) is 3.16. The first-order valence-corrected chi connectivity index (χ1v) is 15.5. The molecule has 0 radical (unpaired) electrons. The van der Waals surface area contributed by atoms with E-state index in [1.165, 1.54) is 4.90 Å². The molecule has 0 aromatic heterocycles. The number of fused-ring (bicyclic) bond motifs is 3. The number of primary amides is 1. The number of hydrogen-bond acceptors (Lipinski definition) is 8. The summed E-state index contributed by atoms with van der Waals surface area (Å²) in [4.78, 5) is 69.2. The van der Waals surface area contributed by atoms with Crippen molar-refractivity contribution in [1.82, 2.24) is 4.90 Å². The van der Waals surface area contributed by atoms with E-state index >= 15 is 0 Å². The van der Waals surface area contributed by atoms with Crippen molar-refractivity contribution in [1.29, 1.82) is 0 Å². The van der Waals surface area contributed by atoms with E-state index in [9.17, 15) is 34.2 Å². The lowest BCUT2D eigenvalue weighted by atomic mass is 9.52. The summed E-state index contributed by atoms with van der Waals surface area (Å²) in [6, 6.07) is 0.881. The van der Waals surface area contributed by atoms with E-state index in [-0.39, 0.29) is 24.2 Å². The van der Waals surface area contributed by atoms with Crippen LogP contribution >= 0.6 is 0 Å². The minimum Gasteiger partial charge on any atom is -0.507 e. The summed E-state index contributed by atoms with van der Waals surface area (Å²) in [6.45, 7) is 2.25. The number of aromatic hydroxyl groups is 1. The maximum atomic E-state index is 14.3.